The maximum absolute atomic E-state index is 13.4. The number of carbonyl (C=O) groups excluding carboxylic acids is 1. The molecule has 2 aromatic carbocycles. The fraction of sp³-hybridized carbons (Fsp3) is 0.435. The van der Waals surface area contributed by atoms with Crippen LogP contribution < -0.4 is 15.2 Å². The van der Waals surface area contributed by atoms with Crippen LogP contribution in [0.15, 0.2) is 42.5 Å². The Bertz CT molecular complexity index is 806. The zero-order valence-corrected chi connectivity index (χ0v) is 16.5. The Morgan fingerprint density at radius 2 is 1.96 bits per heavy atom. The van der Waals surface area contributed by atoms with E-state index in [-0.39, 0.29) is 12.4 Å². The van der Waals surface area contributed by atoms with Crippen molar-refractivity contribution < 1.29 is 18.7 Å². The van der Waals surface area contributed by atoms with E-state index in [9.17, 15) is 9.18 Å². The van der Waals surface area contributed by atoms with E-state index in [2.05, 4.69) is 19.1 Å². The number of rotatable bonds is 8. The van der Waals surface area contributed by atoms with Gasteiger partial charge in [-0.05, 0) is 72.8 Å². The maximum Gasteiger partial charge on any atom is 0.255 e. The lowest BCUT2D eigenvalue weighted by Gasteiger charge is -2.19. The van der Waals surface area contributed by atoms with Gasteiger partial charge in [-0.2, -0.15) is 0 Å². The number of ether oxygens (including phenoxy) is 2. The molecule has 0 heterocycles. The van der Waals surface area contributed by atoms with Gasteiger partial charge in [0.1, 0.15) is 17.3 Å². The van der Waals surface area contributed by atoms with Crippen LogP contribution in [-0.2, 0) is 4.79 Å². The van der Waals surface area contributed by atoms with E-state index in [1.54, 1.807) is 7.11 Å². The molecule has 0 saturated heterocycles. The number of halogens is 1. The average molecular weight is 385 g/mol. The van der Waals surface area contributed by atoms with Gasteiger partial charge in [-0.25, -0.2) is 4.39 Å². The molecule has 3 rings (SSSR count). The summed E-state index contributed by atoms with van der Waals surface area (Å²) in [6, 6.07) is 12.8. The van der Waals surface area contributed by atoms with Crippen molar-refractivity contribution in [2.24, 2.45) is 11.7 Å². The third-order valence-corrected chi connectivity index (χ3v) is 5.69. The summed E-state index contributed by atoms with van der Waals surface area (Å²) in [4.78, 5) is 10.8. The van der Waals surface area contributed by atoms with Gasteiger partial charge in [0.25, 0.3) is 5.91 Å². The molecule has 1 aliphatic carbocycles. The Balaban J connectivity index is 1.57. The second-order valence-corrected chi connectivity index (χ2v) is 7.72. The first-order valence-corrected chi connectivity index (χ1v) is 9.80. The first-order valence-electron chi connectivity index (χ1n) is 9.80. The van der Waals surface area contributed by atoms with E-state index < -0.39 is 5.91 Å². The minimum absolute atomic E-state index is 0.102. The first-order chi connectivity index (χ1) is 13.5. The predicted octanol–water partition coefficient (Wildman–Crippen LogP) is 4.78. The van der Waals surface area contributed by atoms with Crippen LogP contribution in [0.4, 0.5) is 4.39 Å². The van der Waals surface area contributed by atoms with E-state index in [0.29, 0.717) is 29.3 Å². The maximum atomic E-state index is 13.4. The monoisotopic (exact) mass is 385 g/mol. The molecule has 3 atom stereocenters. The van der Waals surface area contributed by atoms with E-state index in [0.717, 1.165) is 18.4 Å². The Hall–Kier alpha value is -2.56. The number of hydrogen-bond donors (Lipinski definition) is 1. The summed E-state index contributed by atoms with van der Waals surface area (Å²) < 4.78 is 24.1. The van der Waals surface area contributed by atoms with Crippen molar-refractivity contribution in [3.05, 3.63) is 59.4 Å². The highest BCUT2D eigenvalue weighted by Crippen LogP contribution is 2.43. The fourth-order valence-electron chi connectivity index (χ4n) is 4.30. The molecule has 0 aromatic heterocycles. The average Bonchev–Trinajstić information content (AvgIpc) is 3.14. The Morgan fingerprint density at radius 3 is 2.64 bits per heavy atom. The summed E-state index contributed by atoms with van der Waals surface area (Å²) in [6.07, 6.45) is 4.57. The van der Waals surface area contributed by atoms with Crippen molar-refractivity contribution in [1.29, 1.82) is 0 Å². The normalized spacial score (nSPS) is 20.0. The Morgan fingerprint density at radius 1 is 1.21 bits per heavy atom. The predicted molar refractivity (Wildman–Crippen MR) is 107 cm³/mol. The van der Waals surface area contributed by atoms with Crippen molar-refractivity contribution in [3.8, 4) is 11.5 Å². The highest BCUT2D eigenvalue weighted by molar-refractivity contribution is 5.75. The number of nitrogens with two attached hydrogens (primary N) is 1. The van der Waals surface area contributed by atoms with Gasteiger partial charge in [0.15, 0.2) is 6.61 Å². The second-order valence-electron chi connectivity index (χ2n) is 7.72. The molecule has 1 amide bonds. The lowest BCUT2D eigenvalue weighted by molar-refractivity contribution is -0.119. The minimum Gasteiger partial charge on any atom is -0.496 e. The number of methoxy groups -OCH3 is 1. The minimum atomic E-state index is -0.477. The molecule has 5 heteroatoms. The molecule has 1 fully saturated rings. The van der Waals surface area contributed by atoms with Gasteiger partial charge in [0.05, 0.1) is 7.11 Å². The molecule has 2 N–H and O–H groups in total. The van der Waals surface area contributed by atoms with Crippen molar-refractivity contribution >= 4 is 5.91 Å². The molecular weight excluding hydrogens is 357 g/mol. The van der Waals surface area contributed by atoms with Gasteiger partial charge in [-0.1, -0.05) is 25.1 Å². The highest BCUT2D eigenvalue weighted by Gasteiger charge is 2.28. The molecule has 1 saturated carbocycles. The molecule has 0 radical (unpaired) electrons. The smallest absolute Gasteiger partial charge is 0.255 e. The number of amides is 1. The van der Waals surface area contributed by atoms with E-state index in [1.807, 2.05) is 18.2 Å². The summed E-state index contributed by atoms with van der Waals surface area (Å²) >= 11 is 0. The van der Waals surface area contributed by atoms with Crippen molar-refractivity contribution in [2.75, 3.05) is 13.7 Å². The highest BCUT2D eigenvalue weighted by atomic mass is 19.1. The second kappa shape index (κ2) is 9.09. The summed E-state index contributed by atoms with van der Waals surface area (Å²) in [5, 5.41) is 0. The van der Waals surface area contributed by atoms with Gasteiger partial charge in [-0.3, -0.25) is 4.79 Å². The third kappa shape index (κ3) is 5.03. The van der Waals surface area contributed by atoms with Crippen LogP contribution in [-0.4, -0.2) is 19.6 Å². The lowest BCUT2D eigenvalue weighted by atomic mass is 9.87. The quantitative estimate of drug-likeness (QED) is 0.712. The van der Waals surface area contributed by atoms with Crippen LogP contribution in [0.1, 0.15) is 55.6 Å². The van der Waals surface area contributed by atoms with Crippen LogP contribution in [0.3, 0.4) is 0 Å². The van der Waals surface area contributed by atoms with Gasteiger partial charge >= 0.3 is 0 Å². The van der Waals surface area contributed by atoms with Crippen molar-refractivity contribution in [2.45, 2.75) is 44.4 Å². The number of benzene rings is 2. The van der Waals surface area contributed by atoms with Crippen molar-refractivity contribution in [1.82, 2.24) is 0 Å². The molecule has 0 bridgehead atoms. The standard InChI is InChI=1S/C23H28FNO3/c1-15(21-10-7-19(24)13-22(21)27-2)11-16-3-4-18(12-16)17-5-8-20(9-6-17)28-14-23(25)26/h5-10,13,15-16,18H,3-4,11-12,14H2,1-2H3,(H2,25,26)/t15-,16?,18+/m0/s1. The molecule has 0 spiro atoms. The zero-order valence-electron chi connectivity index (χ0n) is 16.5. The fourth-order valence-corrected chi connectivity index (χ4v) is 4.30. The SMILES string of the molecule is COc1cc(F)ccc1[C@@H](C)CC1CC[C@@H](c2ccc(OCC(N)=O)cc2)C1. The molecule has 1 unspecified atom stereocenters. The summed E-state index contributed by atoms with van der Waals surface area (Å²) in [5.41, 5.74) is 7.48. The zero-order chi connectivity index (χ0) is 20.1. The molecule has 4 nitrogen and oxygen atoms in total. The Labute approximate surface area is 165 Å². The van der Waals surface area contributed by atoms with Gasteiger partial charge in [-0.15, -0.1) is 0 Å². The van der Waals surface area contributed by atoms with Crippen LogP contribution in [0, 0.1) is 11.7 Å². The molecule has 2 aromatic rings. The van der Waals surface area contributed by atoms with Gasteiger partial charge < -0.3 is 15.2 Å². The van der Waals surface area contributed by atoms with Gasteiger partial charge in [0, 0.05) is 6.07 Å². The van der Waals surface area contributed by atoms with Crippen LogP contribution in [0.25, 0.3) is 0 Å². The summed E-state index contributed by atoms with van der Waals surface area (Å²) in [6.45, 7) is 2.09. The van der Waals surface area contributed by atoms with Crippen LogP contribution in [0.2, 0.25) is 0 Å². The third-order valence-electron chi connectivity index (χ3n) is 5.69. The number of carbonyl (C=O) groups is 1. The topological polar surface area (TPSA) is 61.6 Å². The van der Waals surface area contributed by atoms with E-state index in [4.69, 9.17) is 15.2 Å². The lowest BCUT2D eigenvalue weighted by Crippen LogP contribution is -2.19. The molecule has 150 valence electrons. The summed E-state index contributed by atoms with van der Waals surface area (Å²) in [7, 11) is 1.59. The largest absolute Gasteiger partial charge is 0.496 e. The van der Waals surface area contributed by atoms with Gasteiger partial charge in [0.2, 0.25) is 0 Å². The summed E-state index contributed by atoms with van der Waals surface area (Å²) in [5.74, 6) is 2.05. The van der Waals surface area contributed by atoms with Crippen LogP contribution >= 0.6 is 0 Å². The van der Waals surface area contributed by atoms with Crippen molar-refractivity contribution in [3.63, 3.8) is 0 Å². The molecule has 28 heavy (non-hydrogen) atoms. The van der Waals surface area contributed by atoms with E-state index >= 15 is 0 Å². The van der Waals surface area contributed by atoms with E-state index in [1.165, 1.54) is 30.5 Å². The molecular formula is C23H28FNO3. The molecule has 0 aliphatic heterocycles. The number of primary amides is 1. The van der Waals surface area contributed by atoms with Crippen LogP contribution in [0.5, 0.6) is 11.5 Å². The first kappa shape index (κ1) is 20.2. The number of hydrogen-bond acceptors (Lipinski definition) is 3. The Kier molecular flexibility index (Phi) is 6.55. The molecule has 1 aliphatic rings.